The minimum atomic E-state index is -0.0295. The maximum absolute atomic E-state index is 12.8. The molecule has 34 heavy (non-hydrogen) atoms. The lowest BCUT2D eigenvalue weighted by Gasteiger charge is -2.35. The van der Waals surface area contributed by atoms with Crippen LogP contribution in [0.1, 0.15) is 11.1 Å². The van der Waals surface area contributed by atoms with Crippen LogP contribution in [-0.4, -0.2) is 68.1 Å². The number of imidazole rings is 1. The SMILES string of the molecule is Cc1ccc(C)c(NC(=O)N2CCN(CCn3c(-c4ccncc4)nc4cccnc43)CC2)c1. The first kappa shape index (κ1) is 22.0. The predicted molar refractivity (Wildman–Crippen MR) is 134 cm³/mol. The summed E-state index contributed by atoms with van der Waals surface area (Å²) >= 11 is 0. The largest absolute Gasteiger partial charge is 0.322 e. The first-order valence-electron chi connectivity index (χ1n) is 11.7. The van der Waals surface area contributed by atoms with Crippen LogP contribution in [0.4, 0.5) is 10.5 Å². The summed E-state index contributed by atoms with van der Waals surface area (Å²) in [6.07, 6.45) is 5.38. The molecule has 174 valence electrons. The van der Waals surface area contributed by atoms with E-state index >= 15 is 0 Å². The molecule has 1 aliphatic rings. The van der Waals surface area contributed by atoms with E-state index < -0.39 is 0 Å². The van der Waals surface area contributed by atoms with E-state index in [1.54, 1.807) is 12.4 Å². The molecule has 1 fully saturated rings. The third kappa shape index (κ3) is 4.63. The number of amides is 2. The van der Waals surface area contributed by atoms with Gasteiger partial charge in [0, 0.05) is 69.1 Å². The number of pyridine rings is 2. The van der Waals surface area contributed by atoms with E-state index in [1.807, 2.05) is 61.3 Å². The number of carbonyl (C=O) groups excluding carboxylic acids is 1. The van der Waals surface area contributed by atoms with E-state index in [2.05, 4.69) is 30.8 Å². The van der Waals surface area contributed by atoms with Gasteiger partial charge >= 0.3 is 6.03 Å². The van der Waals surface area contributed by atoms with Gasteiger partial charge < -0.3 is 14.8 Å². The molecular formula is C26H29N7O. The molecule has 0 bridgehead atoms. The summed E-state index contributed by atoms with van der Waals surface area (Å²) in [5.41, 5.74) is 5.90. The zero-order valence-electron chi connectivity index (χ0n) is 19.6. The molecule has 5 rings (SSSR count). The van der Waals surface area contributed by atoms with Gasteiger partial charge in [0.2, 0.25) is 0 Å². The Bertz CT molecular complexity index is 1290. The number of hydrogen-bond acceptors (Lipinski definition) is 5. The standard InChI is InChI=1S/C26H29N7O/c1-19-5-6-20(2)23(18-19)30-26(34)32-15-12-31(13-16-32)14-17-33-24(21-7-10-27-11-8-21)29-22-4-3-9-28-25(22)33/h3-11,18H,12-17H2,1-2H3,(H,30,34). The van der Waals surface area contributed by atoms with Crippen LogP contribution >= 0.6 is 0 Å². The lowest BCUT2D eigenvalue weighted by molar-refractivity contribution is 0.145. The molecule has 3 aromatic heterocycles. The number of rotatable bonds is 5. The highest BCUT2D eigenvalue weighted by Gasteiger charge is 2.22. The lowest BCUT2D eigenvalue weighted by atomic mass is 10.1. The maximum atomic E-state index is 12.8. The van der Waals surface area contributed by atoms with Gasteiger partial charge in [-0.15, -0.1) is 0 Å². The van der Waals surface area contributed by atoms with Gasteiger partial charge in [-0.25, -0.2) is 14.8 Å². The van der Waals surface area contributed by atoms with Crippen LogP contribution < -0.4 is 5.32 Å². The Kier molecular flexibility index (Phi) is 6.22. The Balaban J connectivity index is 1.22. The van der Waals surface area contributed by atoms with Crippen LogP contribution in [0.5, 0.6) is 0 Å². The van der Waals surface area contributed by atoms with Crippen LogP contribution in [0.3, 0.4) is 0 Å². The van der Waals surface area contributed by atoms with Gasteiger partial charge in [0.1, 0.15) is 11.3 Å². The average Bonchev–Trinajstić information content (AvgIpc) is 3.24. The summed E-state index contributed by atoms with van der Waals surface area (Å²) in [5, 5.41) is 3.08. The zero-order valence-corrected chi connectivity index (χ0v) is 19.6. The van der Waals surface area contributed by atoms with Crippen molar-refractivity contribution < 1.29 is 4.79 Å². The molecule has 0 radical (unpaired) electrons. The quantitative estimate of drug-likeness (QED) is 0.493. The summed E-state index contributed by atoms with van der Waals surface area (Å²) in [6.45, 7) is 8.78. The minimum absolute atomic E-state index is 0.0295. The second kappa shape index (κ2) is 9.61. The fourth-order valence-corrected chi connectivity index (χ4v) is 4.37. The summed E-state index contributed by atoms with van der Waals surface area (Å²) in [7, 11) is 0. The molecule has 0 spiro atoms. The summed E-state index contributed by atoms with van der Waals surface area (Å²) in [6, 6.07) is 14.0. The topological polar surface area (TPSA) is 79.2 Å². The van der Waals surface area contributed by atoms with Gasteiger partial charge in [-0.1, -0.05) is 12.1 Å². The zero-order chi connectivity index (χ0) is 23.5. The molecular weight excluding hydrogens is 426 g/mol. The maximum Gasteiger partial charge on any atom is 0.321 e. The van der Waals surface area contributed by atoms with Crippen molar-refractivity contribution >= 4 is 22.9 Å². The normalized spacial score (nSPS) is 14.5. The first-order chi connectivity index (χ1) is 16.6. The van der Waals surface area contributed by atoms with Crippen molar-refractivity contribution in [3.63, 3.8) is 0 Å². The number of benzene rings is 1. The molecule has 0 unspecified atom stereocenters. The number of nitrogens with zero attached hydrogens (tertiary/aromatic N) is 6. The molecule has 1 saturated heterocycles. The molecule has 1 N–H and O–H groups in total. The van der Waals surface area contributed by atoms with E-state index in [0.717, 1.165) is 65.5 Å². The van der Waals surface area contributed by atoms with Gasteiger partial charge in [-0.3, -0.25) is 9.88 Å². The number of hydrogen-bond donors (Lipinski definition) is 1. The monoisotopic (exact) mass is 455 g/mol. The van der Waals surface area contributed by atoms with Crippen LogP contribution in [-0.2, 0) is 6.54 Å². The second-order valence-electron chi connectivity index (χ2n) is 8.75. The number of aryl methyl sites for hydroxylation is 2. The first-order valence-corrected chi connectivity index (χ1v) is 11.7. The molecule has 2 amide bonds. The number of piperazine rings is 1. The van der Waals surface area contributed by atoms with Crippen molar-refractivity contribution in [3.05, 3.63) is 72.2 Å². The third-order valence-electron chi connectivity index (χ3n) is 6.38. The van der Waals surface area contributed by atoms with Crippen LogP contribution in [0.15, 0.2) is 61.1 Å². The molecule has 1 aromatic carbocycles. The highest BCUT2D eigenvalue weighted by molar-refractivity contribution is 5.90. The van der Waals surface area contributed by atoms with E-state index in [1.165, 1.54) is 0 Å². The number of carbonyl (C=O) groups is 1. The van der Waals surface area contributed by atoms with Crippen LogP contribution in [0.2, 0.25) is 0 Å². The van der Waals surface area contributed by atoms with Gasteiger partial charge in [-0.2, -0.15) is 0 Å². The van der Waals surface area contributed by atoms with E-state index in [-0.39, 0.29) is 6.03 Å². The number of anilines is 1. The molecule has 4 aromatic rings. The Morgan fingerprint density at radius 2 is 1.76 bits per heavy atom. The highest BCUT2D eigenvalue weighted by Crippen LogP contribution is 2.23. The molecule has 0 saturated carbocycles. The molecule has 8 nitrogen and oxygen atoms in total. The predicted octanol–water partition coefficient (Wildman–Crippen LogP) is 3.96. The smallest absolute Gasteiger partial charge is 0.321 e. The van der Waals surface area contributed by atoms with Crippen molar-refractivity contribution in [3.8, 4) is 11.4 Å². The van der Waals surface area contributed by atoms with Gasteiger partial charge in [0.05, 0.1) is 0 Å². The second-order valence-corrected chi connectivity index (χ2v) is 8.75. The molecule has 0 atom stereocenters. The summed E-state index contributed by atoms with van der Waals surface area (Å²) in [4.78, 5) is 30.6. The van der Waals surface area contributed by atoms with Crippen molar-refractivity contribution in [2.75, 3.05) is 38.0 Å². The van der Waals surface area contributed by atoms with Crippen molar-refractivity contribution in [1.29, 1.82) is 0 Å². The van der Waals surface area contributed by atoms with Gasteiger partial charge in [0.15, 0.2) is 5.65 Å². The number of aromatic nitrogens is 4. The third-order valence-corrected chi connectivity index (χ3v) is 6.38. The van der Waals surface area contributed by atoms with E-state index in [0.29, 0.717) is 13.1 Å². The van der Waals surface area contributed by atoms with Crippen LogP contribution in [0.25, 0.3) is 22.6 Å². The minimum Gasteiger partial charge on any atom is -0.322 e. The Morgan fingerprint density at radius 1 is 0.971 bits per heavy atom. The molecule has 8 heteroatoms. The fourth-order valence-electron chi connectivity index (χ4n) is 4.37. The van der Waals surface area contributed by atoms with Crippen LogP contribution in [0, 0.1) is 13.8 Å². The Morgan fingerprint density at radius 3 is 2.56 bits per heavy atom. The van der Waals surface area contributed by atoms with Gasteiger partial charge in [-0.05, 0) is 55.3 Å². The highest BCUT2D eigenvalue weighted by atomic mass is 16.2. The average molecular weight is 456 g/mol. The molecule has 1 aliphatic heterocycles. The Labute approximate surface area is 199 Å². The van der Waals surface area contributed by atoms with Crippen molar-refractivity contribution in [2.24, 2.45) is 0 Å². The summed E-state index contributed by atoms with van der Waals surface area (Å²) < 4.78 is 2.18. The van der Waals surface area contributed by atoms with Crippen molar-refractivity contribution in [1.82, 2.24) is 29.3 Å². The molecule has 0 aliphatic carbocycles. The number of nitrogens with one attached hydrogen (secondary N) is 1. The number of urea groups is 1. The lowest BCUT2D eigenvalue weighted by Crippen LogP contribution is -2.50. The number of fused-ring (bicyclic) bond motifs is 1. The van der Waals surface area contributed by atoms with Gasteiger partial charge in [0.25, 0.3) is 0 Å². The molecule has 4 heterocycles. The van der Waals surface area contributed by atoms with E-state index in [4.69, 9.17) is 4.98 Å². The van der Waals surface area contributed by atoms with E-state index in [9.17, 15) is 4.79 Å². The fraction of sp³-hybridized carbons (Fsp3) is 0.308. The summed E-state index contributed by atoms with van der Waals surface area (Å²) in [5.74, 6) is 0.905. The Hall–Kier alpha value is -3.78. The van der Waals surface area contributed by atoms with Crippen molar-refractivity contribution in [2.45, 2.75) is 20.4 Å².